The quantitative estimate of drug-likeness (QED) is 0.295. The van der Waals surface area contributed by atoms with Gasteiger partial charge in [-0.1, -0.05) is 36.4 Å². The summed E-state index contributed by atoms with van der Waals surface area (Å²) in [5.41, 5.74) is 1.35. The minimum atomic E-state index is -0.535. The number of nitrogens with one attached hydrogen (secondary N) is 2. The number of hydrogen-bond acceptors (Lipinski definition) is 7. The third-order valence-electron chi connectivity index (χ3n) is 5.52. The van der Waals surface area contributed by atoms with Crippen molar-refractivity contribution in [3.05, 3.63) is 83.9 Å². The second-order valence-corrected chi connectivity index (χ2v) is 7.66. The van der Waals surface area contributed by atoms with Crippen molar-refractivity contribution >= 4 is 39.6 Å². The number of nitrogens with zero attached hydrogens (tertiary/aromatic N) is 2. The largest absolute Gasteiger partial charge is 0.505 e. The Morgan fingerprint density at radius 3 is 2.31 bits per heavy atom. The van der Waals surface area contributed by atoms with Crippen molar-refractivity contribution in [3.8, 4) is 17.2 Å². The van der Waals surface area contributed by atoms with Gasteiger partial charge in [-0.3, -0.25) is 9.59 Å². The highest BCUT2D eigenvalue weighted by molar-refractivity contribution is 6.12. The van der Waals surface area contributed by atoms with Crippen molar-refractivity contribution in [2.45, 2.75) is 0 Å². The van der Waals surface area contributed by atoms with E-state index >= 15 is 0 Å². The van der Waals surface area contributed by atoms with Crippen LogP contribution < -0.4 is 20.1 Å². The summed E-state index contributed by atoms with van der Waals surface area (Å²) in [6.45, 7) is 0. The lowest BCUT2D eigenvalue weighted by Crippen LogP contribution is -2.17. The van der Waals surface area contributed by atoms with E-state index < -0.39 is 5.91 Å². The summed E-state index contributed by atoms with van der Waals surface area (Å²) in [7, 11) is 4.50. The van der Waals surface area contributed by atoms with Gasteiger partial charge in [0.2, 0.25) is 0 Å². The second kappa shape index (κ2) is 10.6. The lowest BCUT2D eigenvalue weighted by atomic mass is 10.0. The van der Waals surface area contributed by atoms with Gasteiger partial charge in [0.05, 0.1) is 25.5 Å². The van der Waals surface area contributed by atoms with Crippen LogP contribution >= 0.6 is 0 Å². The highest BCUT2D eigenvalue weighted by Gasteiger charge is 2.20. The third kappa shape index (κ3) is 4.80. The maximum absolute atomic E-state index is 13.1. The van der Waals surface area contributed by atoms with Crippen LogP contribution in [0.5, 0.6) is 17.2 Å². The first kappa shape index (κ1) is 24.2. The summed E-state index contributed by atoms with van der Waals surface area (Å²) >= 11 is 0. The van der Waals surface area contributed by atoms with Crippen molar-refractivity contribution in [3.63, 3.8) is 0 Å². The summed E-state index contributed by atoms with van der Waals surface area (Å²) in [5, 5.41) is 26.2. The molecule has 2 amide bonds. The van der Waals surface area contributed by atoms with E-state index in [1.807, 2.05) is 12.1 Å². The van der Waals surface area contributed by atoms with Crippen LogP contribution in [0.1, 0.15) is 20.7 Å². The van der Waals surface area contributed by atoms with Crippen LogP contribution in [0.15, 0.2) is 83.0 Å². The Labute approximate surface area is 207 Å². The van der Waals surface area contributed by atoms with Gasteiger partial charge in [0.25, 0.3) is 11.8 Å². The minimum Gasteiger partial charge on any atom is -0.505 e. The predicted octanol–water partition coefficient (Wildman–Crippen LogP) is 5.59. The third-order valence-corrected chi connectivity index (χ3v) is 5.52. The average Bonchev–Trinajstić information content (AvgIpc) is 2.92. The summed E-state index contributed by atoms with van der Waals surface area (Å²) in [4.78, 5) is 25.1. The molecule has 0 aliphatic heterocycles. The summed E-state index contributed by atoms with van der Waals surface area (Å²) in [6.07, 6.45) is 0. The lowest BCUT2D eigenvalue weighted by molar-refractivity contribution is 0.0961. The van der Waals surface area contributed by atoms with E-state index in [-0.39, 0.29) is 22.9 Å². The molecule has 4 aromatic carbocycles. The lowest BCUT2D eigenvalue weighted by Gasteiger charge is -2.13. The summed E-state index contributed by atoms with van der Waals surface area (Å²) < 4.78 is 10.7. The number of carbonyl (C=O) groups is 2. The number of para-hydroxylation sites is 2. The zero-order valence-corrected chi connectivity index (χ0v) is 19.9. The number of carbonyl (C=O) groups excluding carboxylic acids is 2. The highest BCUT2D eigenvalue weighted by Crippen LogP contribution is 2.41. The molecule has 4 rings (SSSR count). The van der Waals surface area contributed by atoms with Crippen LogP contribution in [0.4, 0.5) is 17.1 Å². The van der Waals surface area contributed by atoms with Gasteiger partial charge >= 0.3 is 0 Å². The molecule has 182 valence electrons. The molecule has 0 bridgehead atoms. The Balaban J connectivity index is 1.77. The maximum atomic E-state index is 13.1. The van der Waals surface area contributed by atoms with E-state index in [1.165, 1.54) is 21.3 Å². The van der Waals surface area contributed by atoms with Crippen molar-refractivity contribution in [2.24, 2.45) is 10.2 Å². The Kier molecular flexibility index (Phi) is 7.10. The van der Waals surface area contributed by atoms with Gasteiger partial charge in [-0.25, -0.2) is 0 Å². The standard InChI is InChI=1S/C27H24N4O5/c1-28-26(33)17-12-13-21(23(15-17)36-3)30-31-24-18-9-5-4-8-16(18)14-19(25(24)32)27(34)29-20-10-6-7-11-22(20)35-2/h4-15,32H,1-3H3,(H,28,33)(H,29,34)/b31-30+. The molecule has 9 heteroatoms. The van der Waals surface area contributed by atoms with Gasteiger partial charge < -0.3 is 25.2 Å². The number of phenolic OH excluding ortho intramolecular Hbond substituents is 1. The molecule has 0 spiro atoms. The Morgan fingerprint density at radius 1 is 0.833 bits per heavy atom. The van der Waals surface area contributed by atoms with Gasteiger partial charge in [0.15, 0.2) is 5.75 Å². The molecule has 0 fully saturated rings. The van der Waals surface area contributed by atoms with Crippen LogP contribution in [-0.4, -0.2) is 38.2 Å². The zero-order valence-electron chi connectivity index (χ0n) is 19.9. The van der Waals surface area contributed by atoms with Crippen LogP contribution in [0.2, 0.25) is 0 Å². The number of aromatic hydroxyl groups is 1. The molecule has 0 aliphatic rings. The van der Waals surface area contributed by atoms with Crippen molar-refractivity contribution in [2.75, 3.05) is 26.6 Å². The van der Waals surface area contributed by atoms with Crippen LogP contribution in [-0.2, 0) is 0 Å². The fourth-order valence-corrected chi connectivity index (χ4v) is 3.68. The number of anilines is 1. The molecular formula is C27H24N4O5. The minimum absolute atomic E-state index is 0.0236. The first-order valence-corrected chi connectivity index (χ1v) is 11.0. The fraction of sp³-hybridized carbons (Fsp3) is 0.111. The number of azo groups is 1. The monoisotopic (exact) mass is 484 g/mol. The molecule has 0 saturated heterocycles. The van der Waals surface area contributed by atoms with E-state index in [4.69, 9.17) is 9.47 Å². The van der Waals surface area contributed by atoms with Crippen molar-refractivity contribution in [1.29, 1.82) is 0 Å². The van der Waals surface area contributed by atoms with Crippen LogP contribution in [0, 0.1) is 0 Å². The van der Waals surface area contributed by atoms with Gasteiger partial charge in [0.1, 0.15) is 22.9 Å². The maximum Gasteiger partial charge on any atom is 0.259 e. The van der Waals surface area contributed by atoms with Crippen LogP contribution in [0.3, 0.4) is 0 Å². The number of fused-ring (bicyclic) bond motifs is 1. The molecule has 0 aromatic heterocycles. The molecule has 0 saturated carbocycles. The Bertz CT molecular complexity index is 1480. The molecule has 4 aromatic rings. The Hall–Kier alpha value is -4.92. The number of rotatable bonds is 7. The van der Waals surface area contributed by atoms with E-state index in [0.29, 0.717) is 39.2 Å². The number of hydrogen-bond donors (Lipinski definition) is 3. The Morgan fingerprint density at radius 2 is 1.56 bits per heavy atom. The molecule has 0 unspecified atom stereocenters. The molecule has 0 aliphatic carbocycles. The molecule has 0 atom stereocenters. The number of amides is 2. The van der Waals surface area contributed by atoms with Gasteiger partial charge in [0, 0.05) is 18.0 Å². The zero-order chi connectivity index (χ0) is 25.7. The number of phenols is 1. The van der Waals surface area contributed by atoms with Gasteiger partial charge in [-0.2, -0.15) is 0 Å². The van der Waals surface area contributed by atoms with E-state index in [2.05, 4.69) is 20.9 Å². The van der Waals surface area contributed by atoms with E-state index in [9.17, 15) is 14.7 Å². The van der Waals surface area contributed by atoms with Crippen molar-refractivity contribution < 1.29 is 24.2 Å². The molecule has 9 nitrogen and oxygen atoms in total. The molecule has 3 N–H and O–H groups in total. The molecule has 0 heterocycles. The van der Waals surface area contributed by atoms with E-state index in [0.717, 1.165) is 0 Å². The van der Waals surface area contributed by atoms with Gasteiger partial charge in [-0.05, 0) is 41.8 Å². The highest BCUT2D eigenvalue weighted by atomic mass is 16.5. The normalized spacial score (nSPS) is 10.9. The summed E-state index contributed by atoms with van der Waals surface area (Å²) in [6, 6.07) is 20.5. The average molecular weight is 485 g/mol. The number of ether oxygens (including phenoxy) is 2. The number of benzene rings is 4. The first-order chi connectivity index (χ1) is 17.5. The fourth-order valence-electron chi connectivity index (χ4n) is 3.68. The first-order valence-electron chi connectivity index (χ1n) is 11.0. The molecule has 0 radical (unpaired) electrons. The summed E-state index contributed by atoms with van der Waals surface area (Å²) in [5.74, 6) is -0.321. The van der Waals surface area contributed by atoms with Crippen molar-refractivity contribution in [1.82, 2.24) is 5.32 Å². The SMILES string of the molecule is CNC(=O)c1ccc(/N=N/c2c(O)c(C(=O)Nc3ccccc3OC)cc3ccccc23)c(OC)c1. The topological polar surface area (TPSA) is 122 Å². The predicted molar refractivity (Wildman–Crippen MR) is 137 cm³/mol. The van der Waals surface area contributed by atoms with Gasteiger partial charge in [-0.15, -0.1) is 10.2 Å². The second-order valence-electron chi connectivity index (χ2n) is 7.66. The molecular weight excluding hydrogens is 460 g/mol. The molecule has 36 heavy (non-hydrogen) atoms. The van der Waals surface area contributed by atoms with E-state index in [1.54, 1.807) is 60.7 Å². The number of methoxy groups -OCH3 is 2. The smallest absolute Gasteiger partial charge is 0.259 e. The van der Waals surface area contributed by atoms with Crippen LogP contribution in [0.25, 0.3) is 10.8 Å².